The first-order valence-electron chi connectivity index (χ1n) is 3.18. The molecule has 0 saturated carbocycles. The van der Waals surface area contributed by atoms with Crippen molar-refractivity contribution in [2.75, 3.05) is 11.9 Å². The van der Waals surface area contributed by atoms with E-state index in [1.165, 1.54) is 5.51 Å². The van der Waals surface area contributed by atoms with Gasteiger partial charge in [0, 0.05) is 0 Å². The van der Waals surface area contributed by atoms with Crippen LogP contribution in [-0.4, -0.2) is 29.1 Å². The molecule has 0 fully saturated rings. The lowest BCUT2D eigenvalue weighted by Gasteiger charge is -2.14. The molecule has 1 rings (SSSR count). The maximum absolute atomic E-state index is 12.3. The van der Waals surface area contributed by atoms with Crippen LogP contribution >= 0.6 is 11.3 Å². The van der Waals surface area contributed by atoms with Gasteiger partial charge in [-0.15, -0.1) is 10.2 Å². The first-order chi connectivity index (χ1) is 6.02. The lowest BCUT2D eigenvalue weighted by molar-refractivity contribution is -0.117. The number of nitrogens with one attached hydrogen (secondary N) is 1. The fourth-order valence-electron chi connectivity index (χ4n) is 0.521. The van der Waals surface area contributed by atoms with Gasteiger partial charge in [-0.25, -0.2) is 8.78 Å². The molecule has 0 saturated heterocycles. The van der Waals surface area contributed by atoms with Gasteiger partial charge in [0.1, 0.15) is 5.51 Å². The molecule has 0 aliphatic carbocycles. The molecule has 0 radical (unpaired) electrons. The van der Waals surface area contributed by atoms with E-state index in [-0.39, 0.29) is 5.13 Å². The molecule has 0 unspecified atom stereocenters. The molecule has 3 nitrogen and oxygen atoms in total. The summed E-state index contributed by atoms with van der Waals surface area (Å²) in [6, 6.07) is 0. The molecule has 13 heavy (non-hydrogen) atoms. The molecule has 8 heteroatoms. The van der Waals surface area contributed by atoms with Gasteiger partial charge in [-0.1, -0.05) is 11.3 Å². The molecule has 0 atom stereocenters. The maximum atomic E-state index is 12.3. The van der Waals surface area contributed by atoms with Crippen molar-refractivity contribution in [1.29, 1.82) is 0 Å². The second kappa shape index (κ2) is 3.86. The Morgan fingerprint density at radius 3 is 2.69 bits per heavy atom. The molecule has 1 aromatic heterocycles. The number of hydrogen-bond donors (Lipinski definition) is 1. The lowest BCUT2D eigenvalue weighted by Crippen LogP contribution is -2.34. The highest BCUT2D eigenvalue weighted by Crippen LogP contribution is 2.23. The largest absolute Gasteiger partial charge is 0.354 e. The molecule has 0 amide bonds. The summed E-state index contributed by atoms with van der Waals surface area (Å²) in [6.07, 6.45) is -3.67. The van der Waals surface area contributed by atoms with Crippen molar-refractivity contribution in [3.8, 4) is 0 Å². The van der Waals surface area contributed by atoms with E-state index in [9.17, 15) is 17.6 Å². The van der Waals surface area contributed by atoms with Crippen LogP contribution in [0, 0.1) is 0 Å². The number of aromatic nitrogens is 2. The minimum Gasteiger partial charge on any atom is -0.354 e. The molecule has 1 heterocycles. The number of nitrogens with zero attached hydrogens (tertiary/aromatic N) is 2. The van der Waals surface area contributed by atoms with Crippen LogP contribution in [0.15, 0.2) is 5.51 Å². The van der Waals surface area contributed by atoms with Crippen LogP contribution < -0.4 is 5.32 Å². The summed E-state index contributed by atoms with van der Waals surface area (Å²) >= 11 is 0.964. The smallest absolute Gasteiger partial charge is 0.324 e. The van der Waals surface area contributed by atoms with Crippen LogP contribution in [-0.2, 0) is 0 Å². The van der Waals surface area contributed by atoms with Crippen molar-refractivity contribution in [3.05, 3.63) is 5.51 Å². The second-order valence-electron chi connectivity index (χ2n) is 2.16. The summed E-state index contributed by atoms with van der Waals surface area (Å²) in [5.74, 6) is -4.04. The lowest BCUT2D eigenvalue weighted by atomic mass is 10.3. The first kappa shape index (κ1) is 10.2. The Labute approximate surface area is 74.8 Å². The van der Waals surface area contributed by atoms with E-state index in [1.807, 2.05) is 0 Å². The molecule has 1 aromatic rings. The summed E-state index contributed by atoms with van der Waals surface area (Å²) in [5, 5.41) is 8.86. The number of halogens is 4. The predicted octanol–water partition coefficient (Wildman–Crippen LogP) is 1.85. The van der Waals surface area contributed by atoms with E-state index in [4.69, 9.17) is 0 Å². The average Bonchev–Trinajstić information content (AvgIpc) is 2.52. The number of rotatable bonds is 4. The summed E-state index contributed by atoms with van der Waals surface area (Å²) < 4.78 is 47.8. The third-order valence-corrected chi connectivity index (χ3v) is 1.80. The van der Waals surface area contributed by atoms with E-state index >= 15 is 0 Å². The quantitative estimate of drug-likeness (QED) is 0.779. The molecule has 0 bridgehead atoms. The standard InChI is InChI=1S/C5H5F4N3S/c6-3(7)5(8,9)1-10-4-12-11-2-13-4/h2-3H,1H2,(H,10,12). The van der Waals surface area contributed by atoms with Crippen molar-refractivity contribution in [3.63, 3.8) is 0 Å². The fourth-order valence-corrected chi connectivity index (χ4v) is 0.965. The molecule has 0 aromatic carbocycles. The second-order valence-corrected chi connectivity index (χ2v) is 2.99. The minimum absolute atomic E-state index is 0.0975. The SMILES string of the molecule is FC(F)C(F)(F)CNc1nncs1. The topological polar surface area (TPSA) is 37.8 Å². The van der Waals surface area contributed by atoms with Gasteiger partial charge in [0.2, 0.25) is 5.13 Å². The first-order valence-corrected chi connectivity index (χ1v) is 4.06. The van der Waals surface area contributed by atoms with Crippen molar-refractivity contribution in [1.82, 2.24) is 10.2 Å². The van der Waals surface area contributed by atoms with Crippen LogP contribution in [0.2, 0.25) is 0 Å². The summed E-state index contributed by atoms with van der Waals surface area (Å²) in [7, 11) is 0. The number of anilines is 1. The van der Waals surface area contributed by atoms with Gasteiger partial charge < -0.3 is 5.32 Å². The van der Waals surface area contributed by atoms with E-state index in [0.717, 1.165) is 11.3 Å². The Morgan fingerprint density at radius 2 is 2.23 bits per heavy atom. The van der Waals surface area contributed by atoms with E-state index < -0.39 is 18.9 Å². The predicted molar refractivity (Wildman–Crippen MR) is 39.3 cm³/mol. The van der Waals surface area contributed by atoms with E-state index in [2.05, 4.69) is 15.5 Å². The van der Waals surface area contributed by atoms with Gasteiger partial charge in [0.05, 0.1) is 6.54 Å². The van der Waals surface area contributed by atoms with E-state index in [1.54, 1.807) is 0 Å². The molecule has 0 aliphatic heterocycles. The Kier molecular flexibility index (Phi) is 3.02. The number of alkyl halides is 4. The van der Waals surface area contributed by atoms with Crippen molar-refractivity contribution in [2.24, 2.45) is 0 Å². The van der Waals surface area contributed by atoms with Gasteiger partial charge >= 0.3 is 12.3 Å². The average molecular weight is 215 g/mol. The third-order valence-electron chi connectivity index (χ3n) is 1.15. The molecular formula is C5H5F4N3S. The Hall–Kier alpha value is -0.920. The van der Waals surface area contributed by atoms with Crippen LogP contribution in [0.3, 0.4) is 0 Å². The molecular weight excluding hydrogens is 210 g/mol. The Bertz CT molecular complexity index is 250. The van der Waals surface area contributed by atoms with Crippen LogP contribution in [0.4, 0.5) is 22.7 Å². The van der Waals surface area contributed by atoms with Crippen molar-refractivity contribution < 1.29 is 17.6 Å². The fraction of sp³-hybridized carbons (Fsp3) is 0.600. The third kappa shape index (κ3) is 2.79. The molecule has 74 valence electrons. The zero-order chi connectivity index (χ0) is 9.90. The highest BCUT2D eigenvalue weighted by atomic mass is 32.1. The van der Waals surface area contributed by atoms with Gasteiger partial charge in [-0.05, 0) is 0 Å². The summed E-state index contributed by atoms with van der Waals surface area (Å²) in [6.45, 7) is -1.14. The highest BCUT2D eigenvalue weighted by molar-refractivity contribution is 7.13. The number of hydrogen-bond acceptors (Lipinski definition) is 4. The highest BCUT2D eigenvalue weighted by Gasteiger charge is 2.40. The van der Waals surface area contributed by atoms with Crippen LogP contribution in [0.25, 0.3) is 0 Å². The Balaban J connectivity index is 2.42. The van der Waals surface area contributed by atoms with Crippen molar-refractivity contribution >= 4 is 16.5 Å². The van der Waals surface area contributed by atoms with Crippen molar-refractivity contribution in [2.45, 2.75) is 12.3 Å². The minimum atomic E-state index is -4.04. The summed E-state index contributed by atoms with van der Waals surface area (Å²) in [5.41, 5.74) is 1.31. The van der Waals surface area contributed by atoms with Gasteiger partial charge in [0.25, 0.3) is 0 Å². The zero-order valence-corrected chi connectivity index (χ0v) is 6.99. The normalized spacial score (nSPS) is 12.1. The van der Waals surface area contributed by atoms with E-state index in [0.29, 0.717) is 0 Å². The zero-order valence-electron chi connectivity index (χ0n) is 6.18. The molecule has 1 N–H and O–H groups in total. The molecule has 0 spiro atoms. The Morgan fingerprint density at radius 1 is 1.54 bits per heavy atom. The van der Waals surface area contributed by atoms with Gasteiger partial charge in [-0.2, -0.15) is 8.78 Å². The molecule has 0 aliphatic rings. The maximum Gasteiger partial charge on any atom is 0.324 e. The van der Waals surface area contributed by atoms with Crippen LogP contribution in [0.5, 0.6) is 0 Å². The summed E-state index contributed by atoms with van der Waals surface area (Å²) in [4.78, 5) is 0. The van der Waals surface area contributed by atoms with Gasteiger partial charge in [0.15, 0.2) is 0 Å². The van der Waals surface area contributed by atoms with Gasteiger partial charge in [-0.3, -0.25) is 0 Å². The van der Waals surface area contributed by atoms with Crippen LogP contribution in [0.1, 0.15) is 0 Å². The monoisotopic (exact) mass is 215 g/mol.